The first kappa shape index (κ1) is 16.0. The summed E-state index contributed by atoms with van der Waals surface area (Å²) in [5.74, 6) is 0.721. The van der Waals surface area contributed by atoms with Crippen molar-refractivity contribution in [2.75, 3.05) is 12.3 Å². The molecule has 4 nitrogen and oxygen atoms in total. The highest BCUT2D eigenvalue weighted by atomic mass is 32.2. The Balaban J connectivity index is 1.43. The van der Waals surface area contributed by atoms with Crippen molar-refractivity contribution in [3.05, 3.63) is 24.3 Å². The number of carbonyl (C=O) groups is 1. The van der Waals surface area contributed by atoms with E-state index in [1.54, 1.807) is 0 Å². The Morgan fingerprint density at radius 3 is 2.92 bits per heavy atom. The number of rotatable bonds is 3. The van der Waals surface area contributed by atoms with Crippen molar-refractivity contribution in [3.63, 3.8) is 0 Å². The number of para-hydroxylation sites is 2. The summed E-state index contributed by atoms with van der Waals surface area (Å²) in [4.78, 5) is 22.8. The fraction of sp³-hybridized carbons (Fsp3) is 0.579. The minimum absolute atomic E-state index is 0.256. The predicted octanol–water partition coefficient (Wildman–Crippen LogP) is 4.08. The number of carbonyl (C=O) groups excluding carboxylic acids is 1. The zero-order valence-corrected chi connectivity index (χ0v) is 15.4. The van der Waals surface area contributed by atoms with Gasteiger partial charge in [-0.1, -0.05) is 44.7 Å². The van der Waals surface area contributed by atoms with Gasteiger partial charge in [0.25, 0.3) is 0 Å². The molecule has 2 aromatic rings. The molecule has 2 fully saturated rings. The molecule has 5 heteroatoms. The van der Waals surface area contributed by atoms with Crippen molar-refractivity contribution in [2.45, 2.75) is 51.2 Å². The van der Waals surface area contributed by atoms with E-state index in [1.165, 1.54) is 18.2 Å². The number of fused-ring (bicyclic) bond motifs is 3. The molecule has 4 rings (SSSR count). The van der Waals surface area contributed by atoms with Gasteiger partial charge in [0.1, 0.15) is 0 Å². The average molecular weight is 343 g/mol. The van der Waals surface area contributed by atoms with Crippen LogP contribution in [0.15, 0.2) is 29.4 Å². The van der Waals surface area contributed by atoms with Gasteiger partial charge >= 0.3 is 0 Å². The van der Waals surface area contributed by atoms with Crippen molar-refractivity contribution in [1.82, 2.24) is 14.9 Å². The minimum atomic E-state index is 0.256. The Morgan fingerprint density at radius 1 is 1.33 bits per heavy atom. The average Bonchev–Trinajstić information content (AvgIpc) is 3.01. The second kappa shape index (κ2) is 5.51. The number of nitrogens with one attached hydrogen (secondary N) is 1. The van der Waals surface area contributed by atoms with Crippen molar-refractivity contribution in [2.24, 2.45) is 10.8 Å². The van der Waals surface area contributed by atoms with Gasteiger partial charge in [0.2, 0.25) is 5.91 Å². The zero-order chi connectivity index (χ0) is 16.9. The number of thioether (sulfide) groups is 1. The van der Waals surface area contributed by atoms with E-state index >= 15 is 0 Å². The van der Waals surface area contributed by atoms with Crippen LogP contribution in [-0.4, -0.2) is 39.1 Å². The van der Waals surface area contributed by atoms with Crippen LogP contribution in [0.2, 0.25) is 0 Å². The topological polar surface area (TPSA) is 49.0 Å². The van der Waals surface area contributed by atoms with E-state index < -0.39 is 0 Å². The number of aromatic nitrogens is 2. The van der Waals surface area contributed by atoms with Crippen molar-refractivity contribution >= 4 is 28.7 Å². The number of benzene rings is 1. The second-order valence-electron chi connectivity index (χ2n) is 8.58. The number of nitrogens with zero attached hydrogens (tertiary/aromatic N) is 2. The summed E-state index contributed by atoms with van der Waals surface area (Å²) in [6.07, 6.45) is 3.51. The summed E-state index contributed by atoms with van der Waals surface area (Å²) in [7, 11) is 0. The van der Waals surface area contributed by atoms with Gasteiger partial charge in [-0.2, -0.15) is 0 Å². The molecule has 1 aliphatic heterocycles. The molecule has 1 aliphatic carbocycles. The summed E-state index contributed by atoms with van der Waals surface area (Å²) < 4.78 is 0. The quantitative estimate of drug-likeness (QED) is 0.854. The summed E-state index contributed by atoms with van der Waals surface area (Å²) >= 11 is 1.52. The van der Waals surface area contributed by atoms with E-state index in [0.717, 1.165) is 35.6 Å². The van der Waals surface area contributed by atoms with Crippen LogP contribution in [0.3, 0.4) is 0 Å². The van der Waals surface area contributed by atoms with E-state index in [1.807, 2.05) is 24.3 Å². The number of amides is 1. The van der Waals surface area contributed by atoms with E-state index in [0.29, 0.717) is 22.6 Å². The first-order valence-electron chi connectivity index (χ1n) is 8.71. The number of imidazole rings is 1. The van der Waals surface area contributed by atoms with Gasteiger partial charge in [-0.15, -0.1) is 0 Å². The normalized spacial score (nSPS) is 28.5. The summed E-state index contributed by atoms with van der Waals surface area (Å²) in [5, 5.41) is 0.832. The van der Waals surface area contributed by atoms with Crippen molar-refractivity contribution in [1.29, 1.82) is 0 Å². The molecule has 0 unspecified atom stereocenters. The van der Waals surface area contributed by atoms with Gasteiger partial charge in [-0.3, -0.25) is 4.79 Å². The first-order valence-corrected chi connectivity index (χ1v) is 9.69. The highest BCUT2D eigenvalue weighted by Crippen LogP contribution is 2.52. The molecule has 1 saturated heterocycles. The van der Waals surface area contributed by atoms with Gasteiger partial charge in [0, 0.05) is 12.6 Å². The van der Waals surface area contributed by atoms with Crippen LogP contribution >= 0.6 is 11.8 Å². The molecule has 1 N–H and O–H groups in total. The number of hydrogen-bond donors (Lipinski definition) is 1. The van der Waals surface area contributed by atoms with Crippen LogP contribution in [0.4, 0.5) is 0 Å². The lowest BCUT2D eigenvalue weighted by Gasteiger charge is -2.39. The Bertz CT molecular complexity index is 751. The lowest BCUT2D eigenvalue weighted by molar-refractivity contribution is -0.129. The van der Waals surface area contributed by atoms with Gasteiger partial charge in [-0.05, 0) is 42.2 Å². The monoisotopic (exact) mass is 343 g/mol. The largest absolute Gasteiger partial charge is 0.338 e. The van der Waals surface area contributed by atoms with Crippen molar-refractivity contribution in [3.8, 4) is 0 Å². The Kier molecular flexibility index (Phi) is 3.68. The number of aromatic amines is 1. The van der Waals surface area contributed by atoms with Crippen LogP contribution in [-0.2, 0) is 4.79 Å². The molecule has 1 aromatic carbocycles. The standard InChI is InChI=1S/C19H25N3OS/c1-18(2)8-13-9-19(3,11-18)12-22(13)16(23)10-24-17-20-14-6-4-5-7-15(14)21-17/h4-7,13H,8-12H2,1-3H3,(H,20,21)/t13-,19-/m0/s1. The third-order valence-electron chi connectivity index (χ3n) is 5.44. The van der Waals surface area contributed by atoms with Gasteiger partial charge in [0.15, 0.2) is 5.16 Å². The summed E-state index contributed by atoms with van der Waals surface area (Å²) in [5.41, 5.74) is 2.63. The molecule has 1 amide bonds. The van der Waals surface area contributed by atoms with E-state index in [9.17, 15) is 4.79 Å². The third kappa shape index (κ3) is 2.94. The molecular formula is C19H25N3OS. The Morgan fingerprint density at radius 2 is 2.12 bits per heavy atom. The number of H-pyrrole nitrogens is 1. The van der Waals surface area contributed by atoms with E-state index in [2.05, 4.69) is 35.6 Å². The zero-order valence-electron chi connectivity index (χ0n) is 14.6. The summed E-state index contributed by atoms with van der Waals surface area (Å²) in [6, 6.07) is 8.40. The van der Waals surface area contributed by atoms with Gasteiger partial charge in [-0.25, -0.2) is 4.98 Å². The third-order valence-corrected chi connectivity index (χ3v) is 6.29. The molecule has 2 heterocycles. The van der Waals surface area contributed by atoms with Crippen LogP contribution in [0, 0.1) is 10.8 Å². The van der Waals surface area contributed by atoms with Crippen molar-refractivity contribution < 1.29 is 4.79 Å². The van der Waals surface area contributed by atoms with Crippen LogP contribution in [0.5, 0.6) is 0 Å². The molecule has 2 bridgehead atoms. The lowest BCUT2D eigenvalue weighted by atomic mass is 9.65. The van der Waals surface area contributed by atoms with E-state index in [4.69, 9.17) is 0 Å². The lowest BCUT2D eigenvalue weighted by Crippen LogP contribution is -2.38. The van der Waals surface area contributed by atoms with Crippen LogP contribution in [0.25, 0.3) is 11.0 Å². The van der Waals surface area contributed by atoms with Crippen LogP contribution in [0.1, 0.15) is 40.0 Å². The summed E-state index contributed by atoms with van der Waals surface area (Å²) in [6.45, 7) is 7.95. The fourth-order valence-corrected chi connectivity index (χ4v) is 5.73. The maximum absolute atomic E-state index is 12.8. The molecule has 1 saturated carbocycles. The fourth-order valence-electron chi connectivity index (χ4n) is 4.96. The van der Waals surface area contributed by atoms with Gasteiger partial charge in [0.05, 0.1) is 16.8 Å². The highest BCUT2D eigenvalue weighted by Gasteiger charge is 2.50. The Hall–Kier alpha value is -1.49. The Labute approximate surface area is 147 Å². The predicted molar refractivity (Wildman–Crippen MR) is 98.1 cm³/mol. The van der Waals surface area contributed by atoms with Gasteiger partial charge < -0.3 is 9.88 Å². The van der Waals surface area contributed by atoms with E-state index in [-0.39, 0.29) is 5.91 Å². The molecule has 1 aromatic heterocycles. The number of hydrogen-bond acceptors (Lipinski definition) is 3. The maximum Gasteiger partial charge on any atom is 0.233 e. The van der Waals surface area contributed by atoms with Crippen LogP contribution < -0.4 is 0 Å². The second-order valence-corrected chi connectivity index (χ2v) is 9.55. The molecule has 128 valence electrons. The SMILES string of the molecule is CC1(C)C[C@H]2C[C@](C)(CN2C(=O)CSc2nc3ccccc3[nH]2)C1. The molecular weight excluding hydrogens is 318 g/mol. The molecule has 0 spiro atoms. The highest BCUT2D eigenvalue weighted by molar-refractivity contribution is 7.99. The number of likely N-dealkylation sites (tertiary alicyclic amines) is 1. The molecule has 2 atom stereocenters. The minimum Gasteiger partial charge on any atom is -0.338 e. The maximum atomic E-state index is 12.8. The molecule has 2 aliphatic rings. The smallest absolute Gasteiger partial charge is 0.233 e. The first-order chi connectivity index (χ1) is 11.3. The molecule has 24 heavy (non-hydrogen) atoms. The molecule has 0 radical (unpaired) electrons.